The molecule has 3 heterocycles. The molecule has 1 unspecified atom stereocenters. The van der Waals surface area contributed by atoms with E-state index < -0.39 is 0 Å². The van der Waals surface area contributed by atoms with Gasteiger partial charge in [-0.25, -0.2) is 9.67 Å². The summed E-state index contributed by atoms with van der Waals surface area (Å²) in [5.74, 6) is 3.71. The van der Waals surface area contributed by atoms with Gasteiger partial charge >= 0.3 is 0 Å². The molecule has 2 N–H and O–H groups in total. The van der Waals surface area contributed by atoms with Crippen LogP contribution in [0.2, 0.25) is 0 Å². The summed E-state index contributed by atoms with van der Waals surface area (Å²) < 4.78 is 7.85. The highest BCUT2D eigenvalue weighted by Crippen LogP contribution is 2.18. The average molecular weight is 352 g/mol. The second-order valence-electron chi connectivity index (χ2n) is 6.64. The SMILES string of the molecule is CN=C(NCCc1cc2ccccc2o1)NC1CCc2nc(C)nn2C1. The molecule has 7 nitrogen and oxygen atoms in total. The number of nitrogens with zero attached hydrogens (tertiary/aromatic N) is 4. The van der Waals surface area contributed by atoms with Gasteiger partial charge in [0.05, 0.1) is 6.54 Å². The fraction of sp³-hybridized carbons (Fsp3) is 0.421. The number of aromatic nitrogens is 3. The number of benzene rings is 1. The highest BCUT2D eigenvalue weighted by Gasteiger charge is 2.21. The quantitative estimate of drug-likeness (QED) is 0.555. The molecule has 1 aliphatic heterocycles. The Morgan fingerprint density at radius 3 is 3.12 bits per heavy atom. The lowest BCUT2D eigenvalue weighted by Crippen LogP contribution is -2.47. The molecule has 0 spiro atoms. The zero-order valence-electron chi connectivity index (χ0n) is 15.2. The molecular formula is C19H24N6O. The molecule has 0 aliphatic carbocycles. The van der Waals surface area contributed by atoms with Gasteiger partial charge < -0.3 is 15.1 Å². The third-order valence-electron chi connectivity index (χ3n) is 4.67. The van der Waals surface area contributed by atoms with Gasteiger partial charge in [0.15, 0.2) is 5.96 Å². The van der Waals surface area contributed by atoms with Crippen molar-refractivity contribution in [1.29, 1.82) is 0 Å². The molecule has 3 aromatic rings. The number of guanidine groups is 1. The van der Waals surface area contributed by atoms with Crippen LogP contribution in [0.5, 0.6) is 0 Å². The van der Waals surface area contributed by atoms with E-state index in [2.05, 4.69) is 37.8 Å². The Balaban J connectivity index is 1.29. The third-order valence-corrected chi connectivity index (χ3v) is 4.67. The minimum atomic E-state index is 0.306. The standard InChI is InChI=1S/C19H24N6O/c1-13-22-18-8-7-15(12-25(18)24-13)23-19(20-2)21-10-9-16-11-14-5-3-4-6-17(14)26-16/h3-6,11,15H,7-10,12H2,1-2H3,(H2,20,21,23). The first-order valence-corrected chi connectivity index (χ1v) is 9.06. The maximum Gasteiger partial charge on any atom is 0.191 e. The topological polar surface area (TPSA) is 80.3 Å². The van der Waals surface area contributed by atoms with Crippen molar-refractivity contribution in [3.63, 3.8) is 0 Å². The van der Waals surface area contributed by atoms with Gasteiger partial charge in [0.25, 0.3) is 0 Å². The van der Waals surface area contributed by atoms with E-state index in [1.165, 1.54) is 0 Å². The highest BCUT2D eigenvalue weighted by molar-refractivity contribution is 5.80. The van der Waals surface area contributed by atoms with Gasteiger partial charge in [0.1, 0.15) is 23.0 Å². The van der Waals surface area contributed by atoms with Crippen molar-refractivity contribution in [2.75, 3.05) is 13.6 Å². The molecule has 1 aliphatic rings. The molecule has 0 radical (unpaired) electrons. The van der Waals surface area contributed by atoms with Crippen LogP contribution in [0.25, 0.3) is 11.0 Å². The normalized spacial score (nSPS) is 17.3. The molecule has 26 heavy (non-hydrogen) atoms. The molecule has 1 aromatic carbocycles. The van der Waals surface area contributed by atoms with Crippen LogP contribution in [0.3, 0.4) is 0 Å². The maximum atomic E-state index is 5.86. The number of nitrogens with one attached hydrogen (secondary N) is 2. The maximum absolute atomic E-state index is 5.86. The number of aryl methyl sites for hydroxylation is 2. The first-order valence-electron chi connectivity index (χ1n) is 9.06. The Morgan fingerprint density at radius 2 is 2.27 bits per heavy atom. The summed E-state index contributed by atoms with van der Waals surface area (Å²) >= 11 is 0. The molecule has 4 rings (SSSR count). The second-order valence-corrected chi connectivity index (χ2v) is 6.64. The van der Waals surface area contributed by atoms with E-state index in [1.54, 1.807) is 7.05 Å². The van der Waals surface area contributed by atoms with Crippen LogP contribution in [0, 0.1) is 6.92 Å². The van der Waals surface area contributed by atoms with E-state index in [-0.39, 0.29) is 0 Å². The monoisotopic (exact) mass is 352 g/mol. The number of para-hydroxylation sites is 1. The van der Waals surface area contributed by atoms with Crippen LogP contribution < -0.4 is 10.6 Å². The van der Waals surface area contributed by atoms with Gasteiger partial charge in [-0.3, -0.25) is 4.99 Å². The molecule has 0 saturated carbocycles. The molecule has 7 heteroatoms. The summed E-state index contributed by atoms with van der Waals surface area (Å²) in [5, 5.41) is 12.5. The van der Waals surface area contributed by atoms with Gasteiger partial charge in [-0.05, 0) is 25.5 Å². The largest absolute Gasteiger partial charge is 0.461 e. The average Bonchev–Trinajstić information content (AvgIpc) is 3.22. The summed E-state index contributed by atoms with van der Waals surface area (Å²) in [6, 6.07) is 10.5. The fourth-order valence-electron chi connectivity index (χ4n) is 3.40. The Hall–Kier alpha value is -2.83. The lowest BCUT2D eigenvalue weighted by atomic mass is 10.1. The number of rotatable bonds is 4. The number of hydrogen-bond acceptors (Lipinski definition) is 4. The summed E-state index contributed by atoms with van der Waals surface area (Å²) in [6.45, 7) is 3.52. The zero-order chi connectivity index (χ0) is 17.9. The van der Waals surface area contributed by atoms with E-state index in [0.29, 0.717) is 6.04 Å². The molecule has 0 amide bonds. The number of hydrogen-bond donors (Lipinski definition) is 2. The summed E-state index contributed by atoms with van der Waals surface area (Å²) in [6.07, 6.45) is 2.78. The van der Waals surface area contributed by atoms with E-state index in [9.17, 15) is 0 Å². The van der Waals surface area contributed by atoms with Crippen LogP contribution in [0.15, 0.2) is 39.7 Å². The van der Waals surface area contributed by atoms with Crippen LogP contribution in [-0.2, 0) is 19.4 Å². The second kappa shape index (κ2) is 7.19. The summed E-state index contributed by atoms with van der Waals surface area (Å²) in [5.41, 5.74) is 0.936. The first-order chi connectivity index (χ1) is 12.7. The molecule has 2 aromatic heterocycles. The van der Waals surface area contributed by atoms with Crippen LogP contribution >= 0.6 is 0 Å². The summed E-state index contributed by atoms with van der Waals surface area (Å²) in [4.78, 5) is 8.79. The van der Waals surface area contributed by atoms with Crippen molar-refractivity contribution in [3.8, 4) is 0 Å². The van der Waals surface area contributed by atoms with Crippen molar-refractivity contribution >= 4 is 16.9 Å². The molecule has 0 fully saturated rings. The number of furan rings is 1. The van der Waals surface area contributed by atoms with Gasteiger partial charge in [0, 0.05) is 37.9 Å². The highest BCUT2D eigenvalue weighted by atomic mass is 16.3. The Labute approximate surface area is 152 Å². The third kappa shape index (κ3) is 3.56. The number of aliphatic imine (C=N–C) groups is 1. The van der Waals surface area contributed by atoms with Crippen molar-refractivity contribution < 1.29 is 4.42 Å². The predicted octanol–water partition coefficient (Wildman–Crippen LogP) is 2.06. The molecule has 136 valence electrons. The minimum Gasteiger partial charge on any atom is -0.461 e. The molecule has 0 saturated heterocycles. The molecule has 1 atom stereocenters. The minimum absolute atomic E-state index is 0.306. The van der Waals surface area contributed by atoms with E-state index in [0.717, 1.165) is 66.7 Å². The fourth-order valence-corrected chi connectivity index (χ4v) is 3.40. The number of fused-ring (bicyclic) bond motifs is 2. The summed E-state index contributed by atoms with van der Waals surface area (Å²) in [7, 11) is 1.80. The van der Waals surface area contributed by atoms with Crippen molar-refractivity contribution in [2.24, 2.45) is 4.99 Å². The van der Waals surface area contributed by atoms with Crippen molar-refractivity contribution in [3.05, 3.63) is 47.7 Å². The van der Waals surface area contributed by atoms with Crippen LogP contribution in [0.4, 0.5) is 0 Å². The van der Waals surface area contributed by atoms with Crippen LogP contribution in [-0.4, -0.2) is 40.4 Å². The predicted molar refractivity (Wildman–Crippen MR) is 101 cm³/mol. The van der Waals surface area contributed by atoms with E-state index >= 15 is 0 Å². The van der Waals surface area contributed by atoms with Gasteiger partial charge in [-0.2, -0.15) is 5.10 Å². The zero-order valence-corrected chi connectivity index (χ0v) is 15.2. The smallest absolute Gasteiger partial charge is 0.191 e. The van der Waals surface area contributed by atoms with Crippen LogP contribution in [0.1, 0.15) is 23.8 Å². The van der Waals surface area contributed by atoms with E-state index in [4.69, 9.17) is 4.42 Å². The Morgan fingerprint density at radius 1 is 1.38 bits per heavy atom. The van der Waals surface area contributed by atoms with Crippen molar-refractivity contribution in [1.82, 2.24) is 25.4 Å². The molecular weight excluding hydrogens is 328 g/mol. The van der Waals surface area contributed by atoms with Crippen molar-refractivity contribution in [2.45, 2.75) is 38.8 Å². The van der Waals surface area contributed by atoms with Gasteiger partial charge in [-0.1, -0.05) is 18.2 Å². The van der Waals surface area contributed by atoms with E-state index in [1.807, 2.05) is 29.8 Å². The lowest BCUT2D eigenvalue weighted by molar-refractivity contribution is 0.392. The van der Waals surface area contributed by atoms with Gasteiger partial charge in [0.2, 0.25) is 0 Å². The Bertz CT molecular complexity index is 892. The molecule has 0 bridgehead atoms. The Kier molecular flexibility index (Phi) is 4.60. The lowest BCUT2D eigenvalue weighted by Gasteiger charge is -2.25. The van der Waals surface area contributed by atoms with Gasteiger partial charge in [-0.15, -0.1) is 0 Å². The first kappa shape index (κ1) is 16.6.